The smallest absolute Gasteiger partial charge is 0.233 e. The maximum absolute atomic E-state index is 12.4. The maximum Gasteiger partial charge on any atom is 0.233 e. The van der Waals surface area contributed by atoms with E-state index < -0.39 is 0 Å². The molecule has 3 rings (SSSR count). The summed E-state index contributed by atoms with van der Waals surface area (Å²) in [6, 6.07) is 14.0. The number of carbonyl (C=O) groups excluding carboxylic acids is 1. The Balaban J connectivity index is 1.79. The van der Waals surface area contributed by atoms with Crippen LogP contribution in [0.15, 0.2) is 60.0 Å². The van der Waals surface area contributed by atoms with Gasteiger partial charge in [-0.05, 0) is 31.0 Å². The van der Waals surface area contributed by atoms with Crippen LogP contribution in [-0.2, 0) is 16.1 Å². The Morgan fingerprint density at radius 2 is 2.03 bits per heavy atom. The number of thioether (sulfide) groups is 1. The molecule has 1 aromatic carbocycles. The number of amides is 1. The molecule has 152 valence electrons. The summed E-state index contributed by atoms with van der Waals surface area (Å²) in [6.07, 6.45) is 4.29. The molecule has 0 fully saturated rings. The van der Waals surface area contributed by atoms with E-state index in [0.717, 1.165) is 23.4 Å². The molecule has 1 N–H and O–H groups in total. The third-order valence-electron chi connectivity index (χ3n) is 4.30. The standard InChI is InChI=1S/C21H25N5O2S/c1-16(20(27)23-12-7-13-28-2)29-21-25-24-19(18-10-6-11-22-14-18)26(21)15-17-8-4-3-5-9-17/h3-6,8-11,14,16H,7,12-13,15H2,1-2H3,(H,23,27). The number of nitrogens with one attached hydrogen (secondary N) is 1. The van der Waals surface area contributed by atoms with E-state index in [0.29, 0.717) is 24.9 Å². The van der Waals surface area contributed by atoms with Crippen LogP contribution in [0.5, 0.6) is 0 Å². The van der Waals surface area contributed by atoms with Crippen LogP contribution in [0.4, 0.5) is 0 Å². The first-order valence-corrected chi connectivity index (χ1v) is 10.4. The first kappa shape index (κ1) is 21.0. The molecule has 29 heavy (non-hydrogen) atoms. The van der Waals surface area contributed by atoms with Gasteiger partial charge in [0.15, 0.2) is 11.0 Å². The molecule has 8 heteroatoms. The average Bonchev–Trinajstić information content (AvgIpc) is 3.14. The van der Waals surface area contributed by atoms with Gasteiger partial charge in [-0.2, -0.15) is 0 Å². The molecule has 0 radical (unpaired) electrons. The zero-order valence-electron chi connectivity index (χ0n) is 16.6. The molecule has 0 saturated heterocycles. The molecule has 1 amide bonds. The number of hydrogen-bond acceptors (Lipinski definition) is 6. The highest BCUT2D eigenvalue weighted by atomic mass is 32.2. The quantitative estimate of drug-likeness (QED) is 0.408. The van der Waals surface area contributed by atoms with Gasteiger partial charge in [0, 0.05) is 38.2 Å². The van der Waals surface area contributed by atoms with Crippen LogP contribution in [0.2, 0.25) is 0 Å². The van der Waals surface area contributed by atoms with Gasteiger partial charge >= 0.3 is 0 Å². The Morgan fingerprint density at radius 1 is 1.21 bits per heavy atom. The molecule has 0 aliphatic heterocycles. The number of ether oxygens (including phenoxy) is 1. The molecular formula is C21H25N5O2S. The summed E-state index contributed by atoms with van der Waals surface area (Å²) in [7, 11) is 1.65. The lowest BCUT2D eigenvalue weighted by Gasteiger charge is -2.14. The first-order chi connectivity index (χ1) is 14.2. The Hall–Kier alpha value is -2.71. The third kappa shape index (κ3) is 5.88. The van der Waals surface area contributed by atoms with Gasteiger partial charge in [-0.15, -0.1) is 10.2 Å². The maximum atomic E-state index is 12.4. The molecular weight excluding hydrogens is 386 g/mol. The van der Waals surface area contributed by atoms with E-state index in [2.05, 4.69) is 32.6 Å². The fourth-order valence-electron chi connectivity index (χ4n) is 2.78. The van der Waals surface area contributed by atoms with Gasteiger partial charge in [0.1, 0.15) is 0 Å². The molecule has 0 aliphatic rings. The summed E-state index contributed by atoms with van der Waals surface area (Å²) in [4.78, 5) is 16.6. The Kier molecular flexibility index (Phi) is 7.77. The first-order valence-electron chi connectivity index (χ1n) is 9.50. The molecule has 2 heterocycles. The highest BCUT2D eigenvalue weighted by Crippen LogP contribution is 2.27. The minimum absolute atomic E-state index is 0.0247. The Morgan fingerprint density at radius 3 is 2.76 bits per heavy atom. The zero-order chi connectivity index (χ0) is 20.5. The van der Waals surface area contributed by atoms with E-state index in [9.17, 15) is 4.79 Å². The zero-order valence-corrected chi connectivity index (χ0v) is 17.4. The fraction of sp³-hybridized carbons (Fsp3) is 0.333. The van der Waals surface area contributed by atoms with Gasteiger partial charge in [-0.3, -0.25) is 14.3 Å². The minimum Gasteiger partial charge on any atom is -0.385 e. The molecule has 0 aliphatic carbocycles. The molecule has 0 saturated carbocycles. The molecule has 0 bridgehead atoms. The molecule has 0 spiro atoms. The predicted octanol–water partition coefficient (Wildman–Crippen LogP) is 3.02. The van der Waals surface area contributed by atoms with Crippen molar-refractivity contribution >= 4 is 17.7 Å². The van der Waals surface area contributed by atoms with Crippen molar-refractivity contribution in [1.29, 1.82) is 0 Å². The van der Waals surface area contributed by atoms with Crippen molar-refractivity contribution in [3.8, 4) is 11.4 Å². The van der Waals surface area contributed by atoms with Crippen LogP contribution in [0, 0.1) is 0 Å². The fourth-order valence-corrected chi connectivity index (χ4v) is 3.65. The minimum atomic E-state index is -0.294. The number of carbonyl (C=O) groups is 1. The monoisotopic (exact) mass is 411 g/mol. The van der Waals surface area contributed by atoms with E-state index in [-0.39, 0.29) is 11.2 Å². The van der Waals surface area contributed by atoms with Crippen molar-refractivity contribution in [3.63, 3.8) is 0 Å². The second-order valence-corrected chi connectivity index (χ2v) is 7.83. The summed E-state index contributed by atoms with van der Waals surface area (Å²) in [6.45, 7) is 3.71. The molecule has 1 unspecified atom stereocenters. The summed E-state index contributed by atoms with van der Waals surface area (Å²) in [5.74, 6) is 0.709. The van der Waals surface area contributed by atoms with Gasteiger partial charge < -0.3 is 10.1 Å². The van der Waals surface area contributed by atoms with Crippen molar-refractivity contribution in [2.75, 3.05) is 20.3 Å². The van der Waals surface area contributed by atoms with Crippen LogP contribution in [0.3, 0.4) is 0 Å². The van der Waals surface area contributed by atoms with Gasteiger partial charge in [0.05, 0.1) is 11.8 Å². The molecule has 7 nitrogen and oxygen atoms in total. The molecule has 3 aromatic rings. The van der Waals surface area contributed by atoms with E-state index in [1.54, 1.807) is 19.5 Å². The molecule has 1 atom stereocenters. The van der Waals surface area contributed by atoms with Crippen LogP contribution < -0.4 is 5.32 Å². The number of hydrogen-bond donors (Lipinski definition) is 1. The van der Waals surface area contributed by atoms with E-state index in [1.165, 1.54) is 11.8 Å². The van der Waals surface area contributed by atoms with Crippen LogP contribution in [0.25, 0.3) is 11.4 Å². The largest absolute Gasteiger partial charge is 0.385 e. The SMILES string of the molecule is COCCCNC(=O)C(C)Sc1nnc(-c2cccnc2)n1Cc1ccccc1. The normalized spacial score (nSPS) is 11.9. The average molecular weight is 412 g/mol. The number of benzene rings is 1. The van der Waals surface area contributed by atoms with Crippen molar-refractivity contribution in [1.82, 2.24) is 25.1 Å². The number of methoxy groups -OCH3 is 1. The molecule has 2 aromatic heterocycles. The summed E-state index contributed by atoms with van der Waals surface area (Å²) >= 11 is 1.40. The Bertz CT molecular complexity index is 902. The van der Waals surface area contributed by atoms with Crippen LogP contribution in [-0.4, -0.2) is 51.2 Å². The number of rotatable bonds is 10. The van der Waals surface area contributed by atoms with Crippen LogP contribution in [0.1, 0.15) is 18.9 Å². The lowest BCUT2D eigenvalue weighted by atomic mass is 10.2. The van der Waals surface area contributed by atoms with Gasteiger partial charge in [-0.1, -0.05) is 42.1 Å². The van der Waals surface area contributed by atoms with Crippen molar-refractivity contribution in [2.24, 2.45) is 0 Å². The van der Waals surface area contributed by atoms with Gasteiger partial charge in [-0.25, -0.2) is 0 Å². The number of nitrogens with zero attached hydrogens (tertiary/aromatic N) is 4. The lowest BCUT2D eigenvalue weighted by Crippen LogP contribution is -2.32. The van der Waals surface area contributed by atoms with E-state index in [1.807, 2.05) is 41.8 Å². The summed E-state index contributed by atoms with van der Waals surface area (Å²) < 4.78 is 7.05. The van der Waals surface area contributed by atoms with E-state index in [4.69, 9.17) is 4.74 Å². The third-order valence-corrected chi connectivity index (χ3v) is 5.38. The van der Waals surface area contributed by atoms with Crippen LogP contribution >= 0.6 is 11.8 Å². The number of aromatic nitrogens is 4. The second-order valence-electron chi connectivity index (χ2n) is 6.52. The second kappa shape index (κ2) is 10.7. The highest BCUT2D eigenvalue weighted by molar-refractivity contribution is 8.00. The van der Waals surface area contributed by atoms with Gasteiger partial charge in [0.25, 0.3) is 0 Å². The van der Waals surface area contributed by atoms with E-state index >= 15 is 0 Å². The topological polar surface area (TPSA) is 81.9 Å². The number of pyridine rings is 1. The van der Waals surface area contributed by atoms with Crippen molar-refractivity contribution < 1.29 is 9.53 Å². The van der Waals surface area contributed by atoms with Crippen molar-refractivity contribution in [3.05, 3.63) is 60.4 Å². The summed E-state index contributed by atoms with van der Waals surface area (Å²) in [5.41, 5.74) is 2.02. The predicted molar refractivity (Wildman–Crippen MR) is 114 cm³/mol. The lowest BCUT2D eigenvalue weighted by molar-refractivity contribution is -0.120. The highest BCUT2D eigenvalue weighted by Gasteiger charge is 2.21. The van der Waals surface area contributed by atoms with Gasteiger partial charge in [0.2, 0.25) is 5.91 Å². The Labute approximate surface area is 174 Å². The van der Waals surface area contributed by atoms with Crippen molar-refractivity contribution in [2.45, 2.75) is 30.3 Å². The summed E-state index contributed by atoms with van der Waals surface area (Å²) in [5, 5.41) is 12.1.